The van der Waals surface area contributed by atoms with Crippen LogP contribution in [0.15, 0.2) is 48.5 Å². The van der Waals surface area contributed by atoms with Crippen molar-refractivity contribution in [3.8, 4) is 5.75 Å². The van der Waals surface area contributed by atoms with E-state index in [0.29, 0.717) is 11.3 Å². The summed E-state index contributed by atoms with van der Waals surface area (Å²) in [6.07, 6.45) is 0. The smallest absolute Gasteiger partial charge is 0.331 e. The van der Waals surface area contributed by atoms with Gasteiger partial charge in [0.1, 0.15) is 5.75 Å². The predicted molar refractivity (Wildman–Crippen MR) is 112 cm³/mol. The summed E-state index contributed by atoms with van der Waals surface area (Å²) in [7, 11) is 1.50. The molecule has 0 bridgehead atoms. The van der Waals surface area contributed by atoms with Crippen LogP contribution in [0.5, 0.6) is 5.75 Å². The lowest BCUT2D eigenvalue weighted by atomic mass is 10.1. The van der Waals surface area contributed by atoms with Crippen LogP contribution in [0.4, 0.5) is 9.59 Å². The number of nitrogens with zero attached hydrogens (tertiary/aromatic N) is 2. The summed E-state index contributed by atoms with van der Waals surface area (Å²) in [4.78, 5) is 68.9. The number of benzene rings is 2. The van der Waals surface area contributed by atoms with Crippen LogP contribution in [0.3, 0.4) is 0 Å². The van der Waals surface area contributed by atoms with Gasteiger partial charge in [0.15, 0.2) is 0 Å². The molecule has 2 aromatic rings. The number of amides is 8. The molecule has 4 rings (SSSR count). The summed E-state index contributed by atoms with van der Waals surface area (Å²) < 4.78 is 5.10. The van der Waals surface area contributed by atoms with Crippen LogP contribution in [-0.2, 0) is 32.3 Å². The van der Waals surface area contributed by atoms with Crippen LogP contribution in [0.1, 0.15) is 16.7 Å². The second-order valence-electron chi connectivity index (χ2n) is 7.10. The fourth-order valence-electron chi connectivity index (χ4n) is 3.03. The normalized spacial score (nSPS) is 15.3. The van der Waals surface area contributed by atoms with Crippen molar-refractivity contribution >= 4 is 35.7 Å². The Labute approximate surface area is 188 Å². The average Bonchev–Trinajstić information content (AvgIpc) is 3.18. The zero-order valence-electron chi connectivity index (χ0n) is 17.8. The van der Waals surface area contributed by atoms with Crippen LogP contribution >= 0.6 is 0 Å². The van der Waals surface area contributed by atoms with Crippen molar-refractivity contribution in [1.29, 1.82) is 0 Å². The Bertz CT molecular complexity index is 1140. The average molecular weight is 452 g/mol. The number of carbonyl (C=O) groups excluding carboxylic acids is 6. The number of carbonyl (C=O) groups is 6. The van der Waals surface area contributed by atoms with Gasteiger partial charge in [-0.05, 0) is 18.6 Å². The van der Waals surface area contributed by atoms with Gasteiger partial charge in [-0.3, -0.25) is 39.6 Å². The third-order valence-electron chi connectivity index (χ3n) is 4.79. The topological polar surface area (TPSA) is 142 Å². The molecule has 0 aliphatic carbocycles. The lowest BCUT2D eigenvalue weighted by molar-refractivity contribution is -0.140. The first-order valence-corrected chi connectivity index (χ1v) is 9.72. The van der Waals surface area contributed by atoms with E-state index >= 15 is 0 Å². The monoisotopic (exact) mass is 452 g/mol. The first-order valence-electron chi connectivity index (χ1n) is 9.72. The molecule has 0 saturated carbocycles. The highest BCUT2D eigenvalue weighted by molar-refractivity contribution is 6.45. The molecule has 0 aromatic heterocycles. The molecule has 2 aliphatic rings. The Kier molecular flexibility index (Phi) is 6.82. The van der Waals surface area contributed by atoms with Crippen molar-refractivity contribution in [2.75, 3.05) is 7.11 Å². The van der Waals surface area contributed by atoms with Crippen molar-refractivity contribution < 1.29 is 33.5 Å². The standard InChI is InChI=1S/C11H10N2O4.C11H10N2O3/c1-17-8-5-3-2-4-7(8)6-13-10(15)9(14)12-11(13)16;1-7-2-4-8(5-3-7)6-13-10(15)9(14)12-11(13)16/h2-5H,6H2,1H3,(H,12,14,16);2-5H,6H2,1H3,(H,12,14,16). The number of para-hydroxylation sites is 1. The molecule has 11 nitrogen and oxygen atoms in total. The van der Waals surface area contributed by atoms with E-state index in [1.807, 2.05) is 41.8 Å². The lowest BCUT2D eigenvalue weighted by Gasteiger charge is -2.13. The minimum atomic E-state index is -0.898. The Balaban J connectivity index is 0.000000186. The summed E-state index contributed by atoms with van der Waals surface area (Å²) in [6.45, 7) is 2.08. The molecule has 2 aromatic carbocycles. The number of aryl methyl sites for hydroxylation is 1. The third-order valence-corrected chi connectivity index (χ3v) is 4.79. The quantitative estimate of drug-likeness (QED) is 0.506. The van der Waals surface area contributed by atoms with E-state index in [1.165, 1.54) is 7.11 Å². The van der Waals surface area contributed by atoms with Gasteiger partial charge in [0.05, 0.1) is 20.2 Å². The molecule has 2 fully saturated rings. The molecular formula is C22H20N4O7. The molecule has 2 aliphatic heterocycles. The predicted octanol–water partition coefficient (Wildman–Crippen LogP) is 0.847. The summed E-state index contributed by atoms with van der Waals surface area (Å²) in [5.74, 6) is -2.85. The first kappa shape index (κ1) is 23.1. The minimum Gasteiger partial charge on any atom is -0.496 e. The zero-order chi connectivity index (χ0) is 24.1. The van der Waals surface area contributed by atoms with E-state index in [1.54, 1.807) is 24.3 Å². The van der Waals surface area contributed by atoms with Gasteiger partial charge in [-0.2, -0.15) is 0 Å². The third kappa shape index (κ3) is 5.21. The van der Waals surface area contributed by atoms with Gasteiger partial charge in [0, 0.05) is 5.56 Å². The Morgan fingerprint density at radius 1 is 0.727 bits per heavy atom. The molecule has 0 spiro atoms. The van der Waals surface area contributed by atoms with E-state index in [9.17, 15) is 28.8 Å². The van der Waals surface area contributed by atoms with Gasteiger partial charge >= 0.3 is 35.7 Å². The van der Waals surface area contributed by atoms with Gasteiger partial charge in [-0.25, -0.2) is 9.59 Å². The number of hydrogen-bond donors (Lipinski definition) is 2. The number of methoxy groups -OCH3 is 1. The van der Waals surface area contributed by atoms with Gasteiger partial charge in [-0.1, -0.05) is 48.0 Å². The number of urea groups is 2. The van der Waals surface area contributed by atoms with E-state index in [4.69, 9.17) is 4.74 Å². The number of ether oxygens (including phenoxy) is 1. The maximum Gasteiger partial charge on any atom is 0.331 e. The molecular weight excluding hydrogens is 432 g/mol. The number of nitrogens with one attached hydrogen (secondary N) is 2. The van der Waals surface area contributed by atoms with E-state index in [2.05, 4.69) is 0 Å². The summed E-state index contributed by atoms with van der Waals surface area (Å²) >= 11 is 0. The Morgan fingerprint density at radius 2 is 1.24 bits per heavy atom. The van der Waals surface area contributed by atoms with E-state index < -0.39 is 35.7 Å². The van der Waals surface area contributed by atoms with Gasteiger partial charge in [-0.15, -0.1) is 0 Å². The second kappa shape index (κ2) is 9.73. The van der Waals surface area contributed by atoms with Crippen LogP contribution < -0.4 is 15.4 Å². The molecule has 0 unspecified atom stereocenters. The van der Waals surface area contributed by atoms with E-state index in [-0.39, 0.29) is 13.1 Å². The van der Waals surface area contributed by atoms with E-state index in [0.717, 1.165) is 20.9 Å². The molecule has 33 heavy (non-hydrogen) atoms. The van der Waals surface area contributed by atoms with Gasteiger partial charge < -0.3 is 4.74 Å². The number of hydrogen-bond acceptors (Lipinski definition) is 7. The maximum absolute atomic E-state index is 11.4. The van der Waals surface area contributed by atoms with Gasteiger partial charge in [0.25, 0.3) is 0 Å². The molecule has 170 valence electrons. The SMILES string of the molecule is COc1ccccc1CN1C(=O)NC(=O)C1=O.Cc1ccc(CN2C(=O)NC(=O)C2=O)cc1. The fourth-order valence-corrected chi connectivity index (χ4v) is 3.03. The maximum atomic E-state index is 11.4. The van der Waals surface area contributed by atoms with Crippen molar-refractivity contribution in [3.05, 3.63) is 65.2 Å². The Hall–Kier alpha value is -4.54. The fraction of sp³-hybridized carbons (Fsp3) is 0.182. The summed E-state index contributed by atoms with van der Waals surface area (Å²) in [6, 6.07) is 13.0. The zero-order valence-corrected chi connectivity index (χ0v) is 17.8. The highest BCUT2D eigenvalue weighted by atomic mass is 16.5. The summed E-state index contributed by atoms with van der Waals surface area (Å²) in [5.41, 5.74) is 2.56. The van der Waals surface area contributed by atoms with Crippen LogP contribution in [0, 0.1) is 6.92 Å². The molecule has 2 N–H and O–H groups in total. The molecule has 8 amide bonds. The molecule has 2 saturated heterocycles. The minimum absolute atomic E-state index is 0.0143. The van der Waals surface area contributed by atoms with Crippen molar-refractivity contribution in [2.24, 2.45) is 0 Å². The van der Waals surface area contributed by atoms with Crippen LogP contribution in [0.25, 0.3) is 0 Å². The molecule has 11 heteroatoms. The second-order valence-corrected chi connectivity index (χ2v) is 7.10. The highest BCUT2D eigenvalue weighted by Gasteiger charge is 2.37. The molecule has 2 heterocycles. The molecule has 0 radical (unpaired) electrons. The first-order chi connectivity index (χ1) is 15.7. The van der Waals surface area contributed by atoms with Crippen molar-refractivity contribution in [1.82, 2.24) is 20.4 Å². The number of imide groups is 4. The van der Waals surface area contributed by atoms with Crippen molar-refractivity contribution in [2.45, 2.75) is 20.0 Å². The van der Waals surface area contributed by atoms with Gasteiger partial charge in [0.2, 0.25) is 0 Å². The van der Waals surface area contributed by atoms with Crippen LogP contribution in [0.2, 0.25) is 0 Å². The van der Waals surface area contributed by atoms with Crippen molar-refractivity contribution in [3.63, 3.8) is 0 Å². The number of rotatable bonds is 5. The Morgan fingerprint density at radius 3 is 1.73 bits per heavy atom. The summed E-state index contributed by atoms with van der Waals surface area (Å²) in [5, 5.41) is 3.88. The van der Waals surface area contributed by atoms with Crippen LogP contribution in [-0.4, -0.2) is 52.6 Å². The lowest BCUT2D eigenvalue weighted by Crippen LogP contribution is -2.30. The largest absolute Gasteiger partial charge is 0.496 e. The molecule has 0 atom stereocenters. The highest BCUT2D eigenvalue weighted by Crippen LogP contribution is 2.20.